The molecule has 0 aliphatic heterocycles. The molecule has 194 valence electrons. The Kier molecular flexibility index (Phi) is 23.5. The maximum Gasteiger partial charge on any atom is 0.269 e. The van der Waals surface area contributed by atoms with Gasteiger partial charge in [0.2, 0.25) is 0 Å². The molecule has 0 aromatic heterocycles. The number of nitrogens with zero attached hydrogens (tertiary/aromatic N) is 1. The third-order valence-corrected chi connectivity index (χ3v) is 5.53. The number of nitro benzene ring substituents is 1. The summed E-state index contributed by atoms with van der Waals surface area (Å²) in [5.74, 6) is 0.637. The summed E-state index contributed by atoms with van der Waals surface area (Å²) in [6.07, 6.45) is 1.50. The molecule has 7 heteroatoms. The lowest BCUT2D eigenvalue weighted by atomic mass is 10.2. The van der Waals surface area contributed by atoms with Crippen LogP contribution in [0.1, 0.15) is 52.7 Å². The Morgan fingerprint density at radius 1 is 0.743 bits per heavy atom. The molecule has 0 unspecified atom stereocenters. The molecule has 3 rings (SSSR count). The van der Waals surface area contributed by atoms with Gasteiger partial charge in [0, 0.05) is 34.1 Å². The Morgan fingerprint density at radius 2 is 1.17 bits per heavy atom. The number of rotatable bonds is 7. The summed E-state index contributed by atoms with van der Waals surface area (Å²) in [6.45, 7) is 12.7. The maximum atomic E-state index is 10.5. The van der Waals surface area contributed by atoms with Crippen LogP contribution in [0.3, 0.4) is 0 Å². The maximum absolute atomic E-state index is 10.5. The molecule has 35 heavy (non-hydrogen) atoms. The average molecular weight is 613 g/mol. The van der Waals surface area contributed by atoms with Crippen molar-refractivity contribution in [3.63, 3.8) is 0 Å². The molecular formula is C28H39Br2NO4. The highest BCUT2D eigenvalue weighted by atomic mass is 79.9. The number of hydrogen-bond acceptors (Lipinski definition) is 4. The van der Waals surface area contributed by atoms with Gasteiger partial charge >= 0.3 is 0 Å². The van der Waals surface area contributed by atoms with E-state index >= 15 is 0 Å². The first kappa shape index (κ1) is 34.9. The van der Waals surface area contributed by atoms with Gasteiger partial charge in [0.25, 0.3) is 5.69 Å². The summed E-state index contributed by atoms with van der Waals surface area (Å²) >= 11 is 6.86. The summed E-state index contributed by atoms with van der Waals surface area (Å²) in [7, 11) is 0. The van der Waals surface area contributed by atoms with Gasteiger partial charge in [-0.2, -0.15) is 0 Å². The largest absolute Gasteiger partial charge is 0.493 e. The van der Waals surface area contributed by atoms with Crippen LogP contribution in [0, 0.1) is 10.1 Å². The van der Waals surface area contributed by atoms with E-state index in [9.17, 15) is 10.1 Å². The molecule has 0 heterocycles. The van der Waals surface area contributed by atoms with Crippen molar-refractivity contribution in [3.05, 3.63) is 103 Å². The zero-order valence-corrected chi connectivity index (χ0v) is 24.8. The van der Waals surface area contributed by atoms with Gasteiger partial charge in [-0.05, 0) is 41.8 Å². The van der Waals surface area contributed by atoms with Crippen molar-refractivity contribution in [2.75, 3.05) is 13.2 Å². The molecule has 0 atom stereocenters. The van der Waals surface area contributed by atoms with E-state index in [0.29, 0.717) is 12.4 Å². The van der Waals surface area contributed by atoms with Gasteiger partial charge in [-0.25, -0.2) is 0 Å². The van der Waals surface area contributed by atoms with Crippen LogP contribution in [0.15, 0.2) is 81.7 Å². The average Bonchev–Trinajstić information content (AvgIpc) is 2.91. The highest BCUT2D eigenvalue weighted by Gasteiger charge is 2.04. The Hall–Kier alpha value is -2.22. The zero-order valence-electron chi connectivity index (χ0n) is 21.6. The number of nitro groups is 1. The fraction of sp³-hybridized carbons (Fsp3) is 0.357. The van der Waals surface area contributed by atoms with Crippen molar-refractivity contribution in [2.45, 2.75) is 54.4 Å². The van der Waals surface area contributed by atoms with Crippen LogP contribution in [0.25, 0.3) is 0 Å². The summed E-state index contributed by atoms with van der Waals surface area (Å²) in [5.41, 5.74) is 2.40. The highest BCUT2D eigenvalue weighted by Crippen LogP contribution is 2.19. The number of ether oxygens (including phenoxy) is 1. The fourth-order valence-corrected chi connectivity index (χ4v) is 3.43. The molecule has 5 nitrogen and oxygen atoms in total. The minimum absolute atomic E-state index is 0.0677. The Bertz CT molecular complexity index is 919. The van der Waals surface area contributed by atoms with Crippen molar-refractivity contribution in [1.82, 2.24) is 0 Å². The molecule has 0 spiro atoms. The second-order valence-electron chi connectivity index (χ2n) is 6.01. The van der Waals surface area contributed by atoms with E-state index in [-0.39, 0.29) is 12.3 Å². The van der Waals surface area contributed by atoms with Crippen molar-refractivity contribution in [2.24, 2.45) is 0 Å². The van der Waals surface area contributed by atoms with E-state index in [4.69, 9.17) is 9.84 Å². The number of halogens is 2. The topological polar surface area (TPSA) is 72.6 Å². The number of hydrogen-bond donors (Lipinski definition) is 1. The van der Waals surface area contributed by atoms with Gasteiger partial charge in [-0.15, -0.1) is 0 Å². The van der Waals surface area contributed by atoms with Crippen LogP contribution < -0.4 is 4.74 Å². The summed E-state index contributed by atoms with van der Waals surface area (Å²) < 4.78 is 7.69. The second-order valence-corrected chi connectivity index (χ2v) is 7.71. The van der Waals surface area contributed by atoms with Gasteiger partial charge in [-0.1, -0.05) is 110 Å². The normalized spacial score (nSPS) is 8.83. The first-order chi connectivity index (χ1) is 17.0. The monoisotopic (exact) mass is 611 g/mol. The molecule has 3 aromatic carbocycles. The lowest BCUT2D eigenvalue weighted by Gasteiger charge is -2.07. The van der Waals surface area contributed by atoms with E-state index in [2.05, 4.69) is 31.9 Å². The van der Waals surface area contributed by atoms with Crippen molar-refractivity contribution < 1.29 is 14.8 Å². The van der Waals surface area contributed by atoms with Gasteiger partial charge in [0.15, 0.2) is 0 Å². The molecule has 0 aliphatic rings. The van der Waals surface area contributed by atoms with Crippen LogP contribution in [0.2, 0.25) is 0 Å². The molecular weight excluding hydrogens is 574 g/mol. The van der Waals surface area contributed by atoms with Gasteiger partial charge < -0.3 is 9.84 Å². The predicted molar refractivity (Wildman–Crippen MR) is 155 cm³/mol. The standard InChI is InChI=1S/C14H12BrNO3.C8H9BrO.3C2H6/c15-14-4-2-1-3-11(14)9-10-19-13-7-5-12(6-8-13)16(17)18;9-8-4-2-1-3-7(8)5-6-10;3*1-2/h1-8H,9-10H2;1-4,10H,5-6H2;3*1-2H3. The van der Waals surface area contributed by atoms with Crippen LogP contribution >= 0.6 is 31.9 Å². The quantitative estimate of drug-likeness (QED) is 0.213. The van der Waals surface area contributed by atoms with Crippen LogP contribution in [-0.2, 0) is 12.8 Å². The molecule has 0 saturated carbocycles. The third-order valence-electron chi connectivity index (χ3n) is 3.98. The number of aliphatic hydroxyl groups excluding tert-OH is 1. The smallest absolute Gasteiger partial charge is 0.269 e. The molecule has 0 radical (unpaired) electrons. The molecule has 0 saturated heterocycles. The van der Waals surface area contributed by atoms with Crippen molar-refractivity contribution >= 4 is 37.5 Å². The second kappa shape index (κ2) is 23.5. The minimum Gasteiger partial charge on any atom is -0.493 e. The summed E-state index contributed by atoms with van der Waals surface area (Å²) in [5, 5.41) is 19.1. The first-order valence-corrected chi connectivity index (χ1v) is 13.5. The van der Waals surface area contributed by atoms with E-state index in [1.165, 1.54) is 17.7 Å². The van der Waals surface area contributed by atoms with Crippen LogP contribution in [-0.4, -0.2) is 23.2 Å². The van der Waals surface area contributed by atoms with E-state index in [0.717, 1.165) is 27.4 Å². The van der Waals surface area contributed by atoms with Crippen molar-refractivity contribution in [3.8, 4) is 5.75 Å². The number of non-ortho nitro benzene ring substituents is 1. The lowest BCUT2D eigenvalue weighted by Crippen LogP contribution is -2.01. The molecule has 0 fully saturated rings. The van der Waals surface area contributed by atoms with E-state index < -0.39 is 4.92 Å². The third kappa shape index (κ3) is 15.4. The fourth-order valence-electron chi connectivity index (χ4n) is 2.47. The Balaban J connectivity index is 0. The Labute approximate surface area is 228 Å². The number of aliphatic hydroxyl groups is 1. The molecule has 0 bridgehead atoms. The van der Waals surface area contributed by atoms with Crippen LogP contribution in [0.5, 0.6) is 5.75 Å². The number of benzene rings is 3. The molecule has 0 amide bonds. The SMILES string of the molecule is CC.CC.CC.O=[N+]([O-])c1ccc(OCCc2ccccc2Br)cc1.OCCc1ccccc1Br. The van der Waals surface area contributed by atoms with Gasteiger partial charge in [0.05, 0.1) is 11.5 Å². The molecule has 0 aliphatic carbocycles. The van der Waals surface area contributed by atoms with E-state index in [1.54, 1.807) is 12.1 Å². The van der Waals surface area contributed by atoms with Crippen molar-refractivity contribution in [1.29, 1.82) is 0 Å². The Morgan fingerprint density at radius 3 is 1.57 bits per heavy atom. The van der Waals surface area contributed by atoms with Crippen LogP contribution in [0.4, 0.5) is 5.69 Å². The van der Waals surface area contributed by atoms with E-state index in [1.807, 2.05) is 90.1 Å². The minimum atomic E-state index is -0.426. The predicted octanol–water partition coefficient (Wildman–Crippen LogP) is 9.04. The molecule has 1 N–H and O–H groups in total. The summed E-state index contributed by atoms with van der Waals surface area (Å²) in [4.78, 5) is 10.1. The van der Waals surface area contributed by atoms with Gasteiger partial charge in [-0.3, -0.25) is 10.1 Å². The lowest BCUT2D eigenvalue weighted by molar-refractivity contribution is -0.384. The molecule has 3 aromatic rings. The first-order valence-electron chi connectivity index (χ1n) is 12.0. The zero-order chi connectivity index (χ0) is 27.1. The highest BCUT2D eigenvalue weighted by molar-refractivity contribution is 9.10. The van der Waals surface area contributed by atoms with Gasteiger partial charge in [0.1, 0.15) is 5.75 Å². The summed E-state index contributed by atoms with van der Waals surface area (Å²) in [6, 6.07) is 22.0.